The van der Waals surface area contributed by atoms with Crippen LogP contribution in [0.4, 0.5) is 0 Å². The first-order valence-electron chi connectivity index (χ1n) is 10.6. The molecule has 0 fully saturated rings. The fraction of sp³-hybridized carbons (Fsp3) is 0.458. The topological polar surface area (TPSA) is 50.8 Å². The number of carbonyl (C=O) groups excluding carboxylic acids is 1. The Morgan fingerprint density at radius 1 is 1.00 bits per heavy atom. The van der Waals surface area contributed by atoms with Gasteiger partial charge in [0.2, 0.25) is 5.91 Å². The number of carbonyl (C=O) groups is 1. The molecule has 0 bridgehead atoms. The molecule has 0 spiro atoms. The molecule has 1 aliphatic rings. The highest BCUT2D eigenvalue weighted by atomic mass is 16.6. The molecule has 1 amide bonds. The second-order valence-corrected chi connectivity index (χ2v) is 7.35. The maximum absolute atomic E-state index is 12.5. The van der Waals surface area contributed by atoms with Crippen molar-refractivity contribution in [1.29, 1.82) is 0 Å². The van der Waals surface area contributed by atoms with Crippen molar-refractivity contribution in [3.63, 3.8) is 0 Å². The van der Waals surface area contributed by atoms with Crippen molar-refractivity contribution < 1.29 is 14.3 Å². The van der Waals surface area contributed by atoms with Gasteiger partial charge < -0.3 is 14.8 Å². The van der Waals surface area contributed by atoms with Crippen molar-refractivity contribution in [2.75, 3.05) is 32.8 Å². The summed E-state index contributed by atoms with van der Waals surface area (Å²) in [6.07, 6.45) is 2.10. The molecule has 5 heteroatoms. The summed E-state index contributed by atoms with van der Waals surface area (Å²) in [7, 11) is 0. The van der Waals surface area contributed by atoms with E-state index in [0.29, 0.717) is 38.6 Å². The standard InChI is InChI=1S/C24H32N2O3/c1-3-26(4-2)21(16-19-8-6-5-7-9-19)18-25-24(27)13-11-20-10-12-22-23(17-20)29-15-14-28-22/h5-10,12,17,21H,3-4,11,13-16,18H2,1-2H3,(H,25,27)/t21-/m1/s1. The zero-order valence-corrected chi connectivity index (χ0v) is 17.5. The average Bonchev–Trinajstić information content (AvgIpc) is 2.77. The molecule has 1 heterocycles. The molecule has 1 N–H and O–H groups in total. The summed E-state index contributed by atoms with van der Waals surface area (Å²) in [6, 6.07) is 16.7. The lowest BCUT2D eigenvalue weighted by atomic mass is 10.0. The molecule has 2 aromatic carbocycles. The van der Waals surface area contributed by atoms with E-state index < -0.39 is 0 Å². The summed E-state index contributed by atoms with van der Waals surface area (Å²) in [4.78, 5) is 14.9. The van der Waals surface area contributed by atoms with Crippen LogP contribution in [-0.4, -0.2) is 49.7 Å². The third-order valence-electron chi connectivity index (χ3n) is 5.43. The molecule has 5 nitrogen and oxygen atoms in total. The minimum atomic E-state index is 0.0881. The normalized spacial score (nSPS) is 13.9. The van der Waals surface area contributed by atoms with E-state index in [0.717, 1.165) is 36.6 Å². The van der Waals surface area contributed by atoms with Crippen molar-refractivity contribution in [3.8, 4) is 11.5 Å². The third kappa shape index (κ3) is 6.23. The minimum absolute atomic E-state index is 0.0881. The van der Waals surface area contributed by atoms with Crippen molar-refractivity contribution in [2.24, 2.45) is 0 Å². The van der Waals surface area contributed by atoms with Gasteiger partial charge in [-0.05, 0) is 49.2 Å². The zero-order valence-electron chi connectivity index (χ0n) is 17.5. The van der Waals surface area contributed by atoms with Crippen LogP contribution in [0, 0.1) is 0 Å². The second-order valence-electron chi connectivity index (χ2n) is 7.35. The maximum atomic E-state index is 12.5. The molecule has 0 unspecified atom stereocenters. The monoisotopic (exact) mass is 396 g/mol. The summed E-state index contributed by atoms with van der Waals surface area (Å²) in [5, 5.41) is 3.15. The van der Waals surface area contributed by atoms with Gasteiger partial charge >= 0.3 is 0 Å². The van der Waals surface area contributed by atoms with Crippen LogP contribution in [0.1, 0.15) is 31.4 Å². The Hall–Kier alpha value is -2.53. The Morgan fingerprint density at radius 2 is 1.72 bits per heavy atom. The van der Waals surface area contributed by atoms with Crippen molar-refractivity contribution in [2.45, 2.75) is 39.2 Å². The molecule has 1 aliphatic heterocycles. The van der Waals surface area contributed by atoms with Crippen LogP contribution in [0.25, 0.3) is 0 Å². The predicted octanol–water partition coefficient (Wildman–Crippen LogP) is 3.46. The number of ether oxygens (including phenoxy) is 2. The SMILES string of the molecule is CCN(CC)[C@@H](CNC(=O)CCc1ccc2c(c1)OCCO2)Cc1ccccc1. The molecule has 0 radical (unpaired) electrons. The summed E-state index contributed by atoms with van der Waals surface area (Å²) in [5.74, 6) is 1.65. The molecule has 0 aromatic heterocycles. The number of benzene rings is 2. The fourth-order valence-electron chi connectivity index (χ4n) is 3.78. The lowest BCUT2D eigenvalue weighted by molar-refractivity contribution is -0.121. The Morgan fingerprint density at radius 3 is 2.45 bits per heavy atom. The van der Waals surface area contributed by atoms with Gasteiger partial charge in [0.15, 0.2) is 11.5 Å². The van der Waals surface area contributed by atoms with E-state index >= 15 is 0 Å². The quantitative estimate of drug-likeness (QED) is 0.668. The highest BCUT2D eigenvalue weighted by Gasteiger charge is 2.18. The number of fused-ring (bicyclic) bond motifs is 1. The van der Waals surface area contributed by atoms with Crippen LogP contribution in [0.15, 0.2) is 48.5 Å². The van der Waals surface area contributed by atoms with Gasteiger partial charge in [-0.2, -0.15) is 0 Å². The van der Waals surface area contributed by atoms with Gasteiger partial charge in [-0.3, -0.25) is 9.69 Å². The molecule has 0 aliphatic carbocycles. The largest absolute Gasteiger partial charge is 0.486 e. The first-order valence-corrected chi connectivity index (χ1v) is 10.6. The van der Waals surface area contributed by atoms with Gasteiger partial charge in [0.05, 0.1) is 0 Å². The second kappa shape index (κ2) is 10.9. The summed E-state index contributed by atoms with van der Waals surface area (Å²) < 4.78 is 11.2. The summed E-state index contributed by atoms with van der Waals surface area (Å²) in [6.45, 7) is 8.12. The maximum Gasteiger partial charge on any atom is 0.220 e. The predicted molar refractivity (Wildman–Crippen MR) is 116 cm³/mol. The van der Waals surface area contributed by atoms with Crippen LogP contribution in [0.5, 0.6) is 11.5 Å². The van der Waals surface area contributed by atoms with Crippen LogP contribution in [0.2, 0.25) is 0 Å². The van der Waals surface area contributed by atoms with Crippen molar-refractivity contribution in [3.05, 3.63) is 59.7 Å². The number of nitrogens with zero attached hydrogens (tertiary/aromatic N) is 1. The Bertz CT molecular complexity index is 775. The Labute approximate surface area is 174 Å². The first kappa shape index (κ1) is 21.2. The van der Waals surface area contributed by atoms with Crippen molar-refractivity contribution in [1.82, 2.24) is 10.2 Å². The highest BCUT2D eigenvalue weighted by molar-refractivity contribution is 5.76. The van der Waals surface area contributed by atoms with E-state index in [1.807, 2.05) is 24.3 Å². The molecule has 0 saturated heterocycles. The number of hydrogen-bond acceptors (Lipinski definition) is 4. The first-order chi connectivity index (χ1) is 14.2. The van der Waals surface area contributed by atoms with E-state index in [2.05, 4.69) is 48.3 Å². The van der Waals surface area contributed by atoms with E-state index in [1.165, 1.54) is 5.56 Å². The minimum Gasteiger partial charge on any atom is -0.486 e. The molecule has 156 valence electrons. The van der Waals surface area contributed by atoms with Crippen LogP contribution in [0.3, 0.4) is 0 Å². The number of likely N-dealkylation sites (N-methyl/N-ethyl adjacent to an activating group) is 1. The number of hydrogen-bond donors (Lipinski definition) is 1. The molecule has 3 rings (SSSR count). The number of nitrogens with one attached hydrogen (secondary N) is 1. The van der Waals surface area contributed by atoms with Gasteiger partial charge in [0, 0.05) is 19.0 Å². The van der Waals surface area contributed by atoms with Crippen LogP contribution in [-0.2, 0) is 17.6 Å². The number of rotatable bonds is 10. The van der Waals surface area contributed by atoms with Crippen molar-refractivity contribution >= 4 is 5.91 Å². The molecule has 2 aromatic rings. The number of aryl methyl sites for hydroxylation is 1. The Balaban J connectivity index is 1.51. The van der Waals surface area contributed by atoms with Crippen LogP contribution < -0.4 is 14.8 Å². The van der Waals surface area contributed by atoms with Gasteiger partial charge in [-0.1, -0.05) is 50.2 Å². The highest BCUT2D eigenvalue weighted by Crippen LogP contribution is 2.31. The molecular weight excluding hydrogens is 364 g/mol. The van der Waals surface area contributed by atoms with Crippen LogP contribution >= 0.6 is 0 Å². The lowest BCUT2D eigenvalue weighted by Crippen LogP contribution is -2.45. The van der Waals surface area contributed by atoms with Gasteiger partial charge in [-0.25, -0.2) is 0 Å². The van der Waals surface area contributed by atoms with Gasteiger partial charge in [-0.15, -0.1) is 0 Å². The Kier molecular flexibility index (Phi) is 7.94. The van der Waals surface area contributed by atoms with Gasteiger partial charge in [0.25, 0.3) is 0 Å². The van der Waals surface area contributed by atoms with E-state index in [4.69, 9.17) is 9.47 Å². The summed E-state index contributed by atoms with van der Waals surface area (Å²) >= 11 is 0. The molecular formula is C24H32N2O3. The van der Waals surface area contributed by atoms with E-state index in [9.17, 15) is 4.79 Å². The lowest BCUT2D eigenvalue weighted by Gasteiger charge is -2.30. The van der Waals surface area contributed by atoms with Gasteiger partial charge in [0.1, 0.15) is 13.2 Å². The zero-order chi connectivity index (χ0) is 20.5. The average molecular weight is 397 g/mol. The number of amides is 1. The molecule has 29 heavy (non-hydrogen) atoms. The molecule has 0 saturated carbocycles. The third-order valence-corrected chi connectivity index (χ3v) is 5.43. The smallest absolute Gasteiger partial charge is 0.220 e. The molecule has 1 atom stereocenters. The summed E-state index contributed by atoms with van der Waals surface area (Å²) in [5.41, 5.74) is 2.39. The fourth-order valence-corrected chi connectivity index (χ4v) is 3.78. The van der Waals surface area contributed by atoms with E-state index in [1.54, 1.807) is 0 Å². The van der Waals surface area contributed by atoms with E-state index in [-0.39, 0.29) is 5.91 Å².